The first-order valence-corrected chi connectivity index (χ1v) is 20.6. The van der Waals surface area contributed by atoms with E-state index in [0.29, 0.717) is 6.42 Å². The Morgan fingerprint density at radius 2 is 1.13 bits per heavy atom. The van der Waals surface area contributed by atoms with Crippen LogP contribution in [0, 0.1) is 0 Å². The van der Waals surface area contributed by atoms with Gasteiger partial charge < -0.3 is 40.3 Å². The highest BCUT2D eigenvalue weighted by Crippen LogP contribution is 2.22. The van der Waals surface area contributed by atoms with E-state index in [9.17, 15) is 30.3 Å². The molecule has 1 fully saturated rings. The van der Waals surface area contributed by atoms with Crippen LogP contribution in [0.5, 0.6) is 0 Å². The molecule has 0 aliphatic carbocycles. The number of hydrogen-bond donors (Lipinski definition) is 6. The second-order valence-electron chi connectivity index (χ2n) is 13.7. The molecule has 6 N–H and O–H groups in total. The molecule has 55 heavy (non-hydrogen) atoms. The fourth-order valence-corrected chi connectivity index (χ4v) is 5.51. The Balaban J connectivity index is 2.42. The summed E-state index contributed by atoms with van der Waals surface area (Å²) < 4.78 is 11.1. The Morgan fingerprint density at radius 3 is 1.67 bits per heavy atom. The van der Waals surface area contributed by atoms with Crippen molar-refractivity contribution in [3.63, 3.8) is 0 Å². The van der Waals surface area contributed by atoms with Gasteiger partial charge in [0.15, 0.2) is 6.29 Å². The van der Waals surface area contributed by atoms with E-state index in [2.05, 4.69) is 116 Å². The molecule has 7 unspecified atom stereocenters. The highest BCUT2D eigenvalue weighted by Gasteiger charge is 2.44. The lowest BCUT2D eigenvalue weighted by molar-refractivity contribution is -0.302. The maximum absolute atomic E-state index is 12.9. The third kappa shape index (κ3) is 26.4. The number of carbonyl (C=O) groups excluding carboxylic acids is 1. The van der Waals surface area contributed by atoms with Gasteiger partial charge >= 0.3 is 0 Å². The highest BCUT2D eigenvalue weighted by molar-refractivity contribution is 5.76. The first-order valence-electron chi connectivity index (χ1n) is 20.6. The number of aliphatic hydroxyl groups excluding tert-OH is 5. The van der Waals surface area contributed by atoms with Gasteiger partial charge in [-0.2, -0.15) is 0 Å². The predicted octanol–water partition coefficient (Wildman–Crippen LogP) is 7.94. The fourth-order valence-electron chi connectivity index (χ4n) is 5.51. The number of hydrogen-bond acceptors (Lipinski definition) is 8. The summed E-state index contributed by atoms with van der Waals surface area (Å²) in [7, 11) is 0. The monoisotopic (exact) mass is 768 g/mol. The van der Waals surface area contributed by atoms with Crippen molar-refractivity contribution < 1.29 is 39.8 Å². The molecule has 0 bridgehead atoms. The molecule has 310 valence electrons. The maximum atomic E-state index is 12.9. The molecule has 1 aliphatic heterocycles. The van der Waals surface area contributed by atoms with Crippen molar-refractivity contribution in [2.45, 2.75) is 159 Å². The highest BCUT2D eigenvalue weighted by atomic mass is 16.7. The van der Waals surface area contributed by atoms with Gasteiger partial charge in [-0.05, 0) is 83.5 Å². The average molecular weight is 768 g/mol. The molecule has 1 rings (SSSR count). The Labute approximate surface area is 332 Å². The second-order valence-corrected chi connectivity index (χ2v) is 13.7. The van der Waals surface area contributed by atoms with E-state index in [1.54, 1.807) is 6.08 Å². The summed E-state index contributed by atoms with van der Waals surface area (Å²) in [4.78, 5) is 12.9. The largest absolute Gasteiger partial charge is 0.394 e. The lowest BCUT2D eigenvalue weighted by Gasteiger charge is -2.40. The molecule has 1 amide bonds. The number of carbonyl (C=O) groups is 1. The van der Waals surface area contributed by atoms with Crippen LogP contribution in [0.25, 0.3) is 0 Å². The number of ether oxygens (including phenoxy) is 2. The standard InChI is InChI=1S/C46H73NO8/c1-3-5-7-9-11-13-14-15-16-17-18-19-20-21-22-23-24-25-26-28-30-32-34-36-42(50)47-39(40(49)35-33-31-29-27-12-10-8-6-4-2)38-54-46-45(53)44(52)43(51)41(37-48)55-46/h5,7,11-13,15-16,18-19,21-22,24-25,27-28,30,33,35,39-41,43-46,48-49,51-53H,3-4,6,8-10,14,17,20,23,26,29,31-32,34,36-38H2,1-2H3,(H,47,50)/b7-5-,13-11-,16-15-,19-18-,22-21-,25-24-,27-12+,30-28-,35-33+. The summed E-state index contributed by atoms with van der Waals surface area (Å²) in [5, 5.41) is 53.8. The lowest BCUT2D eigenvalue weighted by atomic mass is 9.99. The molecule has 9 heteroatoms. The third-order valence-electron chi connectivity index (χ3n) is 8.83. The summed E-state index contributed by atoms with van der Waals surface area (Å²) in [6, 6.07) is -0.857. The van der Waals surface area contributed by atoms with Gasteiger partial charge in [-0.3, -0.25) is 4.79 Å². The number of rotatable bonds is 31. The normalized spacial score (nSPS) is 22.5. The molecule has 1 aliphatic rings. The fraction of sp³-hybridized carbons (Fsp3) is 0.587. The van der Waals surface area contributed by atoms with Crippen LogP contribution in [-0.4, -0.2) is 87.5 Å². The molecule has 0 aromatic rings. The first-order chi connectivity index (χ1) is 26.8. The van der Waals surface area contributed by atoms with Crippen LogP contribution in [0.3, 0.4) is 0 Å². The molecule has 7 atom stereocenters. The molecule has 0 radical (unpaired) electrons. The predicted molar refractivity (Wildman–Crippen MR) is 225 cm³/mol. The van der Waals surface area contributed by atoms with Crippen LogP contribution in [0.4, 0.5) is 0 Å². The summed E-state index contributed by atoms with van der Waals surface area (Å²) in [6.07, 6.45) is 44.3. The van der Waals surface area contributed by atoms with Gasteiger partial charge in [-0.25, -0.2) is 0 Å². The molecule has 0 aromatic carbocycles. The van der Waals surface area contributed by atoms with E-state index >= 15 is 0 Å². The SMILES string of the molecule is CC/C=C\C/C=C\C/C=C\C/C=C\C/C=C\C/C=C\C/C=C\CCCC(=O)NC(COC1OC(CO)C(O)C(O)C1O)C(O)/C=C/CC/C=C/CCCCC. The van der Waals surface area contributed by atoms with Crippen LogP contribution < -0.4 is 5.32 Å². The van der Waals surface area contributed by atoms with Crippen LogP contribution in [0.2, 0.25) is 0 Å². The lowest BCUT2D eigenvalue weighted by Crippen LogP contribution is -2.60. The van der Waals surface area contributed by atoms with Gasteiger partial charge in [0.25, 0.3) is 0 Å². The van der Waals surface area contributed by atoms with Gasteiger partial charge in [0, 0.05) is 6.42 Å². The van der Waals surface area contributed by atoms with Gasteiger partial charge in [-0.15, -0.1) is 0 Å². The number of nitrogens with one attached hydrogen (secondary N) is 1. The van der Waals surface area contributed by atoms with E-state index < -0.39 is 49.5 Å². The number of amides is 1. The number of unbranched alkanes of at least 4 members (excludes halogenated alkanes) is 5. The summed E-state index contributed by atoms with van der Waals surface area (Å²) >= 11 is 0. The zero-order valence-corrected chi connectivity index (χ0v) is 33.6. The molecule has 1 saturated heterocycles. The Hall–Kier alpha value is -3.15. The zero-order valence-electron chi connectivity index (χ0n) is 33.6. The van der Waals surface area contributed by atoms with Gasteiger partial charge in [0.05, 0.1) is 25.4 Å². The third-order valence-corrected chi connectivity index (χ3v) is 8.83. The second kappa shape index (κ2) is 35.3. The van der Waals surface area contributed by atoms with Crippen molar-refractivity contribution in [1.82, 2.24) is 5.32 Å². The molecular weight excluding hydrogens is 695 g/mol. The van der Waals surface area contributed by atoms with Crippen molar-refractivity contribution in [1.29, 1.82) is 0 Å². The molecular formula is C46H73NO8. The van der Waals surface area contributed by atoms with E-state index in [4.69, 9.17) is 9.47 Å². The van der Waals surface area contributed by atoms with E-state index in [-0.39, 0.29) is 18.9 Å². The Bertz CT molecular complexity index is 1210. The van der Waals surface area contributed by atoms with Crippen LogP contribution in [0.1, 0.15) is 117 Å². The molecule has 0 saturated carbocycles. The molecule has 1 heterocycles. The van der Waals surface area contributed by atoms with Crippen LogP contribution in [0.15, 0.2) is 109 Å². The maximum Gasteiger partial charge on any atom is 0.220 e. The van der Waals surface area contributed by atoms with Crippen molar-refractivity contribution in [2.24, 2.45) is 0 Å². The van der Waals surface area contributed by atoms with Crippen molar-refractivity contribution in [3.8, 4) is 0 Å². The minimum atomic E-state index is -1.59. The number of aliphatic hydroxyl groups is 5. The molecule has 9 nitrogen and oxygen atoms in total. The van der Waals surface area contributed by atoms with E-state index in [1.165, 1.54) is 19.3 Å². The van der Waals surface area contributed by atoms with Gasteiger partial charge in [-0.1, -0.05) is 136 Å². The number of allylic oxidation sites excluding steroid dienone is 17. The van der Waals surface area contributed by atoms with Crippen molar-refractivity contribution >= 4 is 5.91 Å². The Morgan fingerprint density at radius 1 is 0.636 bits per heavy atom. The summed E-state index contributed by atoms with van der Waals surface area (Å²) in [6.45, 7) is 3.51. The summed E-state index contributed by atoms with van der Waals surface area (Å²) in [5.74, 6) is -0.254. The van der Waals surface area contributed by atoms with Gasteiger partial charge in [0.1, 0.15) is 24.4 Å². The van der Waals surface area contributed by atoms with Crippen molar-refractivity contribution in [2.75, 3.05) is 13.2 Å². The molecule has 0 spiro atoms. The van der Waals surface area contributed by atoms with E-state index in [1.807, 2.05) is 6.08 Å². The average Bonchev–Trinajstić information content (AvgIpc) is 3.18. The Kier molecular flexibility index (Phi) is 32.0. The van der Waals surface area contributed by atoms with Crippen LogP contribution in [-0.2, 0) is 14.3 Å². The van der Waals surface area contributed by atoms with Gasteiger partial charge in [0.2, 0.25) is 5.91 Å². The molecule has 0 aromatic heterocycles. The zero-order chi connectivity index (χ0) is 40.2. The van der Waals surface area contributed by atoms with Crippen molar-refractivity contribution in [3.05, 3.63) is 109 Å². The minimum absolute atomic E-state index is 0.233. The smallest absolute Gasteiger partial charge is 0.220 e. The quantitative estimate of drug-likeness (QED) is 0.0308. The van der Waals surface area contributed by atoms with E-state index in [0.717, 1.165) is 70.6 Å². The van der Waals surface area contributed by atoms with Crippen LogP contribution >= 0.6 is 0 Å². The minimum Gasteiger partial charge on any atom is -0.394 e. The first kappa shape index (κ1) is 49.9. The topological polar surface area (TPSA) is 149 Å². The summed E-state index contributed by atoms with van der Waals surface area (Å²) in [5.41, 5.74) is 0.